The second-order valence-electron chi connectivity index (χ2n) is 5.46. The lowest BCUT2D eigenvalue weighted by molar-refractivity contribution is -0.123. The molecule has 1 amide bonds. The van der Waals surface area contributed by atoms with Gasteiger partial charge in [-0.05, 0) is 37.5 Å². The van der Waals surface area contributed by atoms with Crippen molar-refractivity contribution < 1.29 is 4.79 Å². The summed E-state index contributed by atoms with van der Waals surface area (Å²) in [4.78, 5) is 11.4. The Morgan fingerprint density at radius 3 is 2.33 bits per heavy atom. The molecule has 0 radical (unpaired) electrons. The van der Waals surface area contributed by atoms with Crippen molar-refractivity contribution in [2.45, 2.75) is 52.5 Å². The summed E-state index contributed by atoms with van der Waals surface area (Å²) in [5.41, 5.74) is 5.89. The van der Waals surface area contributed by atoms with Gasteiger partial charge in [-0.15, -0.1) is 0 Å². The van der Waals surface area contributed by atoms with E-state index in [1.54, 1.807) is 6.92 Å². The standard InChI is InChI=1S/C12H24N2O/c1-9(2)7-12(5-4-6-12)8-14-11(15)10(3)13/h9-10H,4-8,13H2,1-3H3,(H,14,15)/t10-/m1/s1. The van der Waals surface area contributed by atoms with E-state index in [1.807, 2.05) is 0 Å². The van der Waals surface area contributed by atoms with Gasteiger partial charge in [-0.1, -0.05) is 20.3 Å². The Bertz CT molecular complexity index is 220. The second kappa shape index (κ2) is 4.97. The SMILES string of the molecule is CC(C)CC1(CNC(=O)[C@@H](C)N)CCC1. The minimum atomic E-state index is -0.388. The molecule has 0 spiro atoms. The Morgan fingerprint density at radius 1 is 1.40 bits per heavy atom. The highest BCUT2D eigenvalue weighted by atomic mass is 16.2. The summed E-state index contributed by atoms with van der Waals surface area (Å²) in [5, 5.41) is 2.97. The zero-order valence-corrected chi connectivity index (χ0v) is 10.2. The molecule has 15 heavy (non-hydrogen) atoms. The summed E-state index contributed by atoms with van der Waals surface area (Å²) in [7, 11) is 0. The van der Waals surface area contributed by atoms with Crippen LogP contribution in [-0.2, 0) is 4.79 Å². The molecule has 1 aliphatic carbocycles. The molecule has 0 unspecified atom stereocenters. The van der Waals surface area contributed by atoms with E-state index in [2.05, 4.69) is 19.2 Å². The molecule has 0 saturated heterocycles. The molecular weight excluding hydrogens is 188 g/mol. The van der Waals surface area contributed by atoms with Crippen LogP contribution in [0.3, 0.4) is 0 Å². The topological polar surface area (TPSA) is 55.1 Å². The fourth-order valence-corrected chi connectivity index (χ4v) is 2.43. The van der Waals surface area contributed by atoms with Crippen molar-refractivity contribution in [2.75, 3.05) is 6.54 Å². The average molecular weight is 212 g/mol. The monoisotopic (exact) mass is 212 g/mol. The highest BCUT2D eigenvalue weighted by Crippen LogP contribution is 2.45. The van der Waals surface area contributed by atoms with E-state index in [0.717, 1.165) is 6.54 Å². The van der Waals surface area contributed by atoms with E-state index in [9.17, 15) is 4.79 Å². The molecule has 1 atom stereocenters. The summed E-state index contributed by atoms with van der Waals surface area (Å²) in [6.07, 6.45) is 5.03. The van der Waals surface area contributed by atoms with Crippen LogP contribution in [0.15, 0.2) is 0 Å². The summed E-state index contributed by atoms with van der Waals surface area (Å²) in [5.74, 6) is 0.683. The number of nitrogens with two attached hydrogens (primary N) is 1. The Balaban J connectivity index is 2.37. The van der Waals surface area contributed by atoms with Gasteiger partial charge in [-0.2, -0.15) is 0 Å². The molecule has 3 nitrogen and oxygen atoms in total. The number of carbonyl (C=O) groups is 1. The van der Waals surface area contributed by atoms with Gasteiger partial charge in [-0.25, -0.2) is 0 Å². The van der Waals surface area contributed by atoms with Crippen molar-refractivity contribution >= 4 is 5.91 Å². The van der Waals surface area contributed by atoms with E-state index in [1.165, 1.54) is 25.7 Å². The van der Waals surface area contributed by atoms with E-state index < -0.39 is 0 Å². The molecule has 3 heteroatoms. The van der Waals surface area contributed by atoms with Gasteiger partial charge in [0.1, 0.15) is 0 Å². The maximum Gasteiger partial charge on any atom is 0.236 e. The Kier molecular flexibility index (Phi) is 4.14. The molecule has 3 N–H and O–H groups in total. The van der Waals surface area contributed by atoms with Crippen molar-refractivity contribution in [3.63, 3.8) is 0 Å². The minimum Gasteiger partial charge on any atom is -0.354 e. The summed E-state index contributed by atoms with van der Waals surface area (Å²) in [6.45, 7) is 7.03. The molecule has 1 rings (SSSR count). The van der Waals surface area contributed by atoms with Gasteiger partial charge in [0.25, 0.3) is 0 Å². The van der Waals surface area contributed by atoms with Gasteiger partial charge in [0, 0.05) is 6.54 Å². The lowest BCUT2D eigenvalue weighted by Gasteiger charge is -2.43. The van der Waals surface area contributed by atoms with Gasteiger partial charge in [0.15, 0.2) is 0 Å². The molecule has 1 fully saturated rings. The van der Waals surface area contributed by atoms with Crippen LogP contribution in [0.4, 0.5) is 0 Å². The first-order valence-electron chi connectivity index (χ1n) is 5.98. The molecular formula is C12H24N2O. The zero-order chi connectivity index (χ0) is 11.5. The predicted molar refractivity (Wildman–Crippen MR) is 62.4 cm³/mol. The van der Waals surface area contributed by atoms with E-state index in [0.29, 0.717) is 11.3 Å². The van der Waals surface area contributed by atoms with Gasteiger partial charge >= 0.3 is 0 Å². The van der Waals surface area contributed by atoms with Crippen molar-refractivity contribution in [3.8, 4) is 0 Å². The van der Waals surface area contributed by atoms with Crippen molar-refractivity contribution in [2.24, 2.45) is 17.1 Å². The third-order valence-corrected chi connectivity index (χ3v) is 3.31. The summed E-state index contributed by atoms with van der Waals surface area (Å²) >= 11 is 0. The van der Waals surface area contributed by atoms with Crippen molar-refractivity contribution in [3.05, 3.63) is 0 Å². The van der Waals surface area contributed by atoms with Crippen LogP contribution >= 0.6 is 0 Å². The molecule has 0 aliphatic heterocycles. The van der Waals surface area contributed by atoms with Gasteiger partial charge in [0.05, 0.1) is 6.04 Å². The molecule has 0 aromatic carbocycles. The van der Waals surface area contributed by atoms with Crippen molar-refractivity contribution in [1.29, 1.82) is 0 Å². The number of amides is 1. The van der Waals surface area contributed by atoms with Gasteiger partial charge in [0.2, 0.25) is 5.91 Å². The van der Waals surface area contributed by atoms with Crippen LogP contribution in [0.2, 0.25) is 0 Å². The molecule has 88 valence electrons. The van der Waals surface area contributed by atoms with Crippen LogP contribution in [0, 0.1) is 11.3 Å². The largest absolute Gasteiger partial charge is 0.354 e. The molecule has 0 aromatic heterocycles. The zero-order valence-electron chi connectivity index (χ0n) is 10.2. The average Bonchev–Trinajstić information content (AvgIpc) is 2.08. The quantitative estimate of drug-likeness (QED) is 0.728. The lowest BCUT2D eigenvalue weighted by atomic mass is 9.64. The fraction of sp³-hybridized carbons (Fsp3) is 0.917. The van der Waals surface area contributed by atoms with Crippen LogP contribution in [0.5, 0.6) is 0 Å². The van der Waals surface area contributed by atoms with Gasteiger partial charge in [-0.3, -0.25) is 4.79 Å². The van der Waals surface area contributed by atoms with E-state index in [4.69, 9.17) is 5.73 Å². The third-order valence-electron chi connectivity index (χ3n) is 3.31. The molecule has 0 heterocycles. The lowest BCUT2D eigenvalue weighted by Crippen LogP contribution is -2.47. The fourth-order valence-electron chi connectivity index (χ4n) is 2.43. The number of hydrogen-bond donors (Lipinski definition) is 2. The summed E-state index contributed by atoms with van der Waals surface area (Å²) < 4.78 is 0. The number of carbonyl (C=O) groups excluding carboxylic acids is 1. The smallest absolute Gasteiger partial charge is 0.236 e. The number of nitrogens with one attached hydrogen (secondary N) is 1. The first-order chi connectivity index (χ1) is 6.95. The van der Waals surface area contributed by atoms with Crippen molar-refractivity contribution in [1.82, 2.24) is 5.32 Å². The highest BCUT2D eigenvalue weighted by Gasteiger charge is 2.37. The Morgan fingerprint density at radius 2 is 2.00 bits per heavy atom. The molecule has 1 aliphatic rings. The van der Waals surface area contributed by atoms with E-state index >= 15 is 0 Å². The Labute approximate surface area is 92.8 Å². The molecule has 0 bridgehead atoms. The predicted octanol–water partition coefficient (Wildman–Crippen LogP) is 1.67. The van der Waals surface area contributed by atoms with Crippen LogP contribution in [0.25, 0.3) is 0 Å². The second-order valence-corrected chi connectivity index (χ2v) is 5.46. The number of rotatable bonds is 5. The molecule has 0 aromatic rings. The molecule has 1 saturated carbocycles. The maximum absolute atomic E-state index is 11.4. The van der Waals surface area contributed by atoms with Gasteiger partial charge < -0.3 is 11.1 Å². The number of hydrogen-bond acceptors (Lipinski definition) is 2. The Hall–Kier alpha value is -0.570. The minimum absolute atomic E-state index is 0.0231. The maximum atomic E-state index is 11.4. The first-order valence-corrected chi connectivity index (χ1v) is 5.98. The summed E-state index contributed by atoms with van der Waals surface area (Å²) in [6, 6.07) is -0.388. The third kappa shape index (κ3) is 3.49. The van der Waals surface area contributed by atoms with Crippen LogP contribution < -0.4 is 11.1 Å². The van der Waals surface area contributed by atoms with Crippen LogP contribution in [-0.4, -0.2) is 18.5 Å². The van der Waals surface area contributed by atoms with E-state index in [-0.39, 0.29) is 11.9 Å². The highest BCUT2D eigenvalue weighted by molar-refractivity contribution is 5.80. The van der Waals surface area contributed by atoms with Crippen LogP contribution in [0.1, 0.15) is 46.5 Å². The normalized spacial score (nSPS) is 20.9. The first kappa shape index (κ1) is 12.5.